The lowest BCUT2D eigenvalue weighted by Crippen LogP contribution is -2.32. The number of imide groups is 1. The Labute approximate surface area is 98.8 Å². The summed E-state index contributed by atoms with van der Waals surface area (Å²) in [6.07, 6.45) is 2.45. The Balaban J connectivity index is 1.74. The molecule has 1 saturated carbocycles. The molecule has 3 rings (SSSR count). The second-order valence-corrected chi connectivity index (χ2v) is 4.51. The minimum atomic E-state index is -0.0213. The van der Waals surface area contributed by atoms with Gasteiger partial charge in [0.05, 0.1) is 18.4 Å². The molecule has 1 aromatic rings. The van der Waals surface area contributed by atoms with E-state index in [4.69, 9.17) is 0 Å². The standard InChI is InChI=1S/C12H13N3O2/c1-13-10-3-2-7(5-14-10)6-15-11(16)8-4-9(8)12(15)17/h2-3,5,8-9H,4,6H2,1H3,(H,13,14). The van der Waals surface area contributed by atoms with Gasteiger partial charge in [0.2, 0.25) is 11.8 Å². The van der Waals surface area contributed by atoms with Crippen molar-refractivity contribution < 1.29 is 9.59 Å². The number of carbonyl (C=O) groups excluding carboxylic acids is 2. The van der Waals surface area contributed by atoms with E-state index in [2.05, 4.69) is 10.3 Å². The maximum Gasteiger partial charge on any atom is 0.233 e. The number of nitrogens with zero attached hydrogens (tertiary/aromatic N) is 2. The maximum absolute atomic E-state index is 11.8. The fourth-order valence-electron chi connectivity index (χ4n) is 2.25. The molecule has 1 aliphatic carbocycles. The zero-order valence-corrected chi connectivity index (χ0v) is 9.51. The highest BCUT2D eigenvalue weighted by Crippen LogP contribution is 2.47. The van der Waals surface area contributed by atoms with Crippen LogP contribution in [0.15, 0.2) is 18.3 Å². The van der Waals surface area contributed by atoms with Crippen LogP contribution in [0.5, 0.6) is 0 Å². The third-order valence-electron chi connectivity index (χ3n) is 3.38. The van der Waals surface area contributed by atoms with Crippen molar-refractivity contribution in [2.75, 3.05) is 12.4 Å². The number of nitrogens with one attached hydrogen (secondary N) is 1. The van der Waals surface area contributed by atoms with Crippen molar-refractivity contribution in [1.29, 1.82) is 0 Å². The largest absolute Gasteiger partial charge is 0.373 e. The maximum atomic E-state index is 11.8. The first-order valence-electron chi connectivity index (χ1n) is 5.68. The molecule has 5 nitrogen and oxygen atoms in total. The van der Waals surface area contributed by atoms with Gasteiger partial charge in [-0.2, -0.15) is 0 Å². The predicted octanol–water partition coefficient (Wildman–Crippen LogP) is 0.628. The fourth-order valence-corrected chi connectivity index (χ4v) is 2.25. The number of hydrogen-bond donors (Lipinski definition) is 1. The predicted molar refractivity (Wildman–Crippen MR) is 60.9 cm³/mol. The van der Waals surface area contributed by atoms with E-state index in [1.807, 2.05) is 12.1 Å². The number of rotatable bonds is 3. The molecule has 5 heteroatoms. The van der Waals surface area contributed by atoms with Crippen LogP contribution in [0.1, 0.15) is 12.0 Å². The topological polar surface area (TPSA) is 62.3 Å². The third kappa shape index (κ3) is 1.58. The van der Waals surface area contributed by atoms with Crippen LogP contribution in [0.2, 0.25) is 0 Å². The SMILES string of the molecule is CNc1ccc(CN2C(=O)C3CC3C2=O)cn1. The van der Waals surface area contributed by atoms with Crippen molar-refractivity contribution in [2.45, 2.75) is 13.0 Å². The van der Waals surface area contributed by atoms with Gasteiger partial charge in [-0.1, -0.05) is 6.07 Å². The summed E-state index contributed by atoms with van der Waals surface area (Å²) in [7, 11) is 1.79. The number of amides is 2. The van der Waals surface area contributed by atoms with Crippen LogP contribution in [-0.4, -0.2) is 28.7 Å². The normalized spacial score (nSPS) is 26.1. The van der Waals surface area contributed by atoms with Gasteiger partial charge < -0.3 is 5.32 Å². The summed E-state index contributed by atoms with van der Waals surface area (Å²) < 4.78 is 0. The lowest BCUT2D eigenvalue weighted by atomic mass is 10.2. The van der Waals surface area contributed by atoms with Crippen LogP contribution in [0.4, 0.5) is 5.82 Å². The van der Waals surface area contributed by atoms with Gasteiger partial charge >= 0.3 is 0 Å². The molecule has 1 N–H and O–H groups in total. The van der Waals surface area contributed by atoms with Crippen molar-refractivity contribution in [2.24, 2.45) is 11.8 Å². The van der Waals surface area contributed by atoms with Crippen molar-refractivity contribution in [3.05, 3.63) is 23.9 Å². The average Bonchev–Trinajstić information content (AvgIpc) is 3.11. The molecule has 0 bridgehead atoms. The molecule has 0 aromatic carbocycles. The van der Waals surface area contributed by atoms with Crippen LogP contribution >= 0.6 is 0 Å². The van der Waals surface area contributed by atoms with Gasteiger partial charge in [0.25, 0.3) is 0 Å². The molecule has 2 aliphatic rings. The van der Waals surface area contributed by atoms with Crippen LogP contribution in [0.25, 0.3) is 0 Å². The smallest absolute Gasteiger partial charge is 0.233 e. The van der Waals surface area contributed by atoms with Crippen LogP contribution in [-0.2, 0) is 16.1 Å². The van der Waals surface area contributed by atoms with Gasteiger partial charge in [-0.05, 0) is 18.1 Å². The molecule has 2 atom stereocenters. The quantitative estimate of drug-likeness (QED) is 0.775. The summed E-state index contributed by atoms with van der Waals surface area (Å²) in [5, 5.41) is 2.92. The first-order valence-corrected chi connectivity index (χ1v) is 5.68. The van der Waals surface area contributed by atoms with Crippen molar-refractivity contribution in [1.82, 2.24) is 9.88 Å². The summed E-state index contributed by atoms with van der Waals surface area (Å²) in [5.74, 6) is 0.699. The molecule has 17 heavy (non-hydrogen) atoms. The summed E-state index contributed by atoms with van der Waals surface area (Å²) >= 11 is 0. The van der Waals surface area contributed by atoms with E-state index in [-0.39, 0.29) is 23.7 Å². The van der Waals surface area contributed by atoms with Gasteiger partial charge in [0.15, 0.2) is 0 Å². The van der Waals surface area contributed by atoms with Crippen molar-refractivity contribution in [3.8, 4) is 0 Å². The van der Waals surface area contributed by atoms with Gasteiger partial charge in [-0.15, -0.1) is 0 Å². The number of fused-ring (bicyclic) bond motifs is 1. The number of piperidine rings is 1. The van der Waals surface area contributed by atoms with Gasteiger partial charge in [0.1, 0.15) is 5.82 Å². The highest BCUT2D eigenvalue weighted by molar-refractivity contribution is 6.08. The summed E-state index contributed by atoms with van der Waals surface area (Å²) in [6, 6.07) is 3.71. The summed E-state index contributed by atoms with van der Waals surface area (Å²) in [6.45, 7) is 0.349. The van der Waals surface area contributed by atoms with E-state index in [1.54, 1.807) is 13.2 Å². The molecule has 0 radical (unpaired) electrons. The Kier molecular flexibility index (Phi) is 2.14. The second kappa shape index (κ2) is 3.55. The minimum Gasteiger partial charge on any atom is -0.373 e. The Morgan fingerprint density at radius 3 is 2.59 bits per heavy atom. The zero-order valence-electron chi connectivity index (χ0n) is 9.51. The average molecular weight is 231 g/mol. The first kappa shape index (κ1) is 10.3. The second-order valence-electron chi connectivity index (χ2n) is 4.51. The van der Waals surface area contributed by atoms with E-state index in [0.717, 1.165) is 17.8 Å². The molecule has 2 unspecified atom stereocenters. The zero-order chi connectivity index (χ0) is 12.0. The summed E-state index contributed by atoms with van der Waals surface area (Å²) in [5.41, 5.74) is 0.881. The number of pyridine rings is 1. The Morgan fingerprint density at radius 2 is 2.06 bits per heavy atom. The van der Waals surface area contributed by atoms with E-state index >= 15 is 0 Å². The first-order chi connectivity index (χ1) is 8.20. The molecular weight excluding hydrogens is 218 g/mol. The van der Waals surface area contributed by atoms with Crippen molar-refractivity contribution in [3.63, 3.8) is 0 Å². The van der Waals surface area contributed by atoms with Crippen LogP contribution in [0, 0.1) is 11.8 Å². The van der Waals surface area contributed by atoms with Crippen LogP contribution in [0.3, 0.4) is 0 Å². The lowest BCUT2D eigenvalue weighted by Gasteiger charge is -2.16. The molecule has 1 aromatic heterocycles. The number of anilines is 1. The molecule has 1 saturated heterocycles. The molecule has 2 amide bonds. The molecule has 0 spiro atoms. The number of hydrogen-bond acceptors (Lipinski definition) is 4. The van der Waals surface area contributed by atoms with E-state index in [9.17, 15) is 9.59 Å². The number of likely N-dealkylation sites (tertiary alicyclic amines) is 1. The number of aromatic nitrogens is 1. The Hall–Kier alpha value is -1.91. The highest BCUT2D eigenvalue weighted by Gasteiger charge is 2.58. The molecule has 2 heterocycles. The van der Waals surface area contributed by atoms with Crippen molar-refractivity contribution >= 4 is 17.6 Å². The molecule has 1 aliphatic heterocycles. The third-order valence-corrected chi connectivity index (χ3v) is 3.38. The highest BCUT2D eigenvalue weighted by atomic mass is 16.2. The van der Waals surface area contributed by atoms with Gasteiger partial charge in [-0.25, -0.2) is 4.98 Å². The fraction of sp³-hybridized carbons (Fsp3) is 0.417. The molecule has 88 valence electrons. The molecular formula is C12H13N3O2. The number of carbonyl (C=O) groups is 2. The Bertz CT molecular complexity index is 463. The monoisotopic (exact) mass is 231 g/mol. The molecule has 2 fully saturated rings. The minimum absolute atomic E-state index is 0.0160. The lowest BCUT2D eigenvalue weighted by molar-refractivity contribution is -0.142. The van der Waals surface area contributed by atoms with E-state index in [0.29, 0.717) is 6.54 Å². The van der Waals surface area contributed by atoms with E-state index in [1.165, 1.54) is 4.90 Å². The van der Waals surface area contributed by atoms with Gasteiger partial charge in [0, 0.05) is 13.2 Å². The van der Waals surface area contributed by atoms with E-state index < -0.39 is 0 Å². The van der Waals surface area contributed by atoms with Gasteiger partial charge in [-0.3, -0.25) is 14.5 Å². The summed E-state index contributed by atoms with van der Waals surface area (Å²) in [4.78, 5) is 29.0. The van der Waals surface area contributed by atoms with Crippen LogP contribution < -0.4 is 5.32 Å². The Morgan fingerprint density at radius 1 is 1.35 bits per heavy atom.